The van der Waals surface area contributed by atoms with Crippen LogP contribution in [0.1, 0.15) is 0 Å². The van der Waals surface area contributed by atoms with E-state index in [1.807, 2.05) is 36.4 Å². The molecular weight excluding hydrogens is 396 g/mol. The standard InChI is InChI=1S/C28H24N2O2/c1-31-18-13-11-17(12-14-18)26-20-7-3-5-9-22(20)27(23-10-6-4-8-21(23)26)28-24(29)15-19(32-2)16-25(28)30/h3-16H,29-30H2,1-2H3. The number of methoxy groups -OCH3 is 2. The molecule has 5 aromatic rings. The van der Waals surface area contributed by atoms with E-state index in [0.29, 0.717) is 17.1 Å². The number of rotatable bonds is 4. The summed E-state index contributed by atoms with van der Waals surface area (Å²) in [6.07, 6.45) is 0. The quantitative estimate of drug-likeness (QED) is 0.257. The van der Waals surface area contributed by atoms with Crippen LogP contribution in [-0.4, -0.2) is 14.2 Å². The molecule has 0 unspecified atom stereocenters. The van der Waals surface area contributed by atoms with E-state index in [9.17, 15) is 0 Å². The normalized spacial score (nSPS) is 11.1. The molecule has 0 bridgehead atoms. The van der Waals surface area contributed by atoms with Gasteiger partial charge in [0.15, 0.2) is 0 Å². The molecule has 5 aromatic carbocycles. The van der Waals surface area contributed by atoms with Crippen molar-refractivity contribution in [1.82, 2.24) is 0 Å². The Labute approximate surface area is 187 Å². The van der Waals surface area contributed by atoms with Gasteiger partial charge in [-0.3, -0.25) is 0 Å². The van der Waals surface area contributed by atoms with Crippen molar-refractivity contribution < 1.29 is 9.47 Å². The number of hydrogen-bond acceptors (Lipinski definition) is 4. The van der Waals surface area contributed by atoms with Crippen LogP contribution in [0.4, 0.5) is 11.4 Å². The average Bonchev–Trinajstić information content (AvgIpc) is 2.83. The summed E-state index contributed by atoms with van der Waals surface area (Å²) in [5.74, 6) is 1.48. The summed E-state index contributed by atoms with van der Waals surface area (Å²) in [5.41, 5.74) is 18.4. The smallest absolute Gasteiger partial charge is 0.123 e. The van der Waals surface area contributed by atoms with Gasteiger partial charge in [-0.15, -0.1) is 0 Å². The van der Waals surface area contributed by atoms with E-state index in [1.54, 1.807) is 14.2 Å². The molecule has 32 heavy (non-hydrogen) atoms. The lowest BCUT2D eigenvalue weighted by Gasteiger charge is -2.20. The predicted molar refractivity (Wildman–Crippen MR) is 134 cm³/mol. The summed E-state index contributed by atoms with van der Waals surface area (Å²) in [6, 6.07) is 28.6. The van der Waals surface area contributed by atoms with Gasteiger partial charge in [0.25, 0.3) is 0 Å². The Balaban J connectivity index is 1.93. The largest absolute Gasteiger partial charge is 0.497 e. The second-order valence-electron chi connectivity index (χ2n) is 7.75. The molecule has 0 aliphatic rings. The van der Waals surface area contributed by atoms with Crippen LogP contribution < -0.4 is 20.9 Å². The van der Waals surface area contributed by atoms with Crippen molar-refractivity contribution in [2.75, 3.05) is 25.7 Å². The van der Waals surface area contributed by atoms with Gasteiger partial charge in [-0.25, -0.2) is 0 Å². The first-order valence-electron chi connectivity index (χ1n) is 10.4. The minimum absolute atomic E-state index is 0.592. The zero-order valence-corrected chi connectivity index (χ0v) is 18.1. The second kappa shape index (κ2) is 7.82. The predicted octanol–water partition coefficient (Wildman–Crippen LogP) is 6.51. The monoisotopic (exact) mass is 420 g/mol. The number of fused-ring (bicyclic) bond motifs is 2. The molecule has 0 aliphatic carbocycles. The number of anilines is 2. The van der Waals surface area contributed by atoms with Crippen LogP contribution in [0.3, 0.4) is 0 Å². The average molecular weight is 421 g/mol. The molecule has 0 fully saturated rings. The molecule has 0 aromatic heterocycles. The third-order valence-corrected chi connectivity index (χ3v) is 5.97. The topological polar surface area (TPSA) is 70.5 Å². The van der Waals surface area contributed by atoms with Crippen molar-refractivity contribution in [3.8, 4) is 33.8 Å². The van der Waals surface area contributed by atoms with Gasteiger partial charge in [0.1, 0.15) is 11.5 Å². The molecule has 0 saturated carbocycles. The van der Waals surface area contributed by atoms with Crippen molar-refractivity contribution in [1.29, 1.82) is 0 Å². The molecule has 0 radical (unpaired) electrons. The Morgan fingerprint density at radius 1 is 0.500 bits per heavy atom. The number of benzene rings is 5. The van der Waals surface area contributed by atoms with E-state index in [2.05, 4.69) is 48.5 Å². The summed E-state index contributed by atoms with van der Waals surface area (Å²) in [4.78, 5) is 0. The first kappa shape index (κ1) is 19.8. The van der Waals surface area contributed by atoms with E-state index in [1.165, 1.54) is 5.56 Å². The fourth-order valence-electron chi connectivity index (χ4n) is 4.53. The summed E-state index contributed by atoms with van der Waals surface area (Å²) >= 11 is 0. The highest BCUT2D eigenvalue weighted by Crippen LogP contribution is 2.47. The fraction of sp³-hybridized carbons (Fsp3) is 0.0714. The maximum absolute atomic E-state index is 6.52. The number of nitrogen functional groups attached to an aromatic ring is 2. The lowest BCUT2D eigenvalue weighted by molar-refractivity contribution is 0.415. The van der Waals surface area contributed by atoms with E-state index in [4.69, 9.17) is 20.9 Å². The van der Waals surface area contributed by atoms with Gasteiger partial charge in [0.2, 0.25) is 0 Å². The molecular formula is C28H24N2O2. The maximum Gasteiger partial charge on any atom is 0.123 e. The molecule has 0 saturated heterocycles. The highest BCUT2D eigenvalue weighted by molar-refractivity contribution is 6.23. The summed E-state index contributed by atoms with van der Waals surface area (Å²) in [5, 5.41) is 4.48. The minimum atomic E-state index is 0.592. The van der Waals surface area contributed by atoms with Crippen molar-refractivity contribution in [3.63, 3.8) is 0 Å². The Kier molecular flexibility index (Phi) is 4.83. The van der Waals surface area contributed by atoms with Crippen LogP contribution in [0.5, 0.6) is 11.5 Å². The van der Waals surface area contributed by atoms with Crippen LogP contribution in [0, 0.1) is 0 Å². The van der Waals surface area contributed by atoms with Gasteiger partial charge in [-0.1, -0.05) is 60.7 Å². The molecule has 0 amide bonds. The molecule has 4 heteroatoms. The molecule has 4 nitrogen and oxygen atoms in total. The summed E-state index contributed by atoms with van der Waals surface area (Å²) in [6.45, 7) is 0. The van der Waals surface area contributed by atoms with Gasteiger partial charge < -0.3 is 20.9 Å². The highest BCUT2D eigenvalue weighted by Gasteiger charge is 2.20. The van der Waals surface area contributed by atoms with Gasteiger partial charge >= 0.3 is 0 Å². The Morgan fingerprint density at radius 3 is 1.38 bits per heavy atom. The molecule has 0 spiro atoms. The molecule has 158 valence electrons. The second-order valence-corrected chi connectivity index (χ2v) is 7.75. The summed E-state index contributed by atoms with van der Waals surface area (Å²) in [7, 11) is 3.29. The zero-order chi connectivity index (χ0) is 22.2. The van der Waals surface area contributed by atoms with E-state index < -0.39 is 0 Å². The Hall–Kier alpha value is -4.18. The SMILES string of the molecule is COc1ccc(-c2c3ccccc3c(-c3c(N)cc(OC)cc3N)c3ccccc23)cc1. The Morgan fingerprint density at radius 2 is 0.938 bits per heavy atom. The number of ether oxygens (including phenoxy) is 2. The molecule has 0 heterocycles. The maximum atomic E-state index is 6.52. The first-order chi connectivity index (χ1) is 15.6. The van der Waals surface area contributed by atoms with E-state index in [-0.39, 0.29) is 0 Å². The fourth-order valence-corrected chi connectivity index (χ4v) is 4.53. The Bertz CT molecular complexity index is 1380. The van der Waals surface area contributed by atoms with Gasteiger partial charge in [0.05, 0.1) is 14.2 Å². The van der Waals surface area contributed by atoms with Crippen molar-refractivity contribution in [2.24, 2.45) is 0 Å². The molecule has 5 rings (SSSR count). The molecule has 0 atom stereocenters. The number of nitrogens with two attached hydrogens (primary N) is 2. The third-order valence-electron chi connectivity index (χ3n) is 5.97. The van der Waals surface area contributed by atoms with Crippen molar-refractivity contribution >= 4 is 32.9 Å². The van der Waals surface area contributed by atoms with Crippen LogP contribution in [0.25, 0.3) is 43.8 Å². The van der Waals surface area contributed by atoms with Crippen molar-refractivity contribution in [3.05, 3.63) is 84.9 Å². The van der Waals surface area contributed by atoms with Gasteiger partial charge in [-0.2, -0.15) is 0 Å². The minimum Gasteiger partial charge on any atom is -0.497 e. The van der Waals surface area contributed by atoms with Gasteiger partial charge in [-0.05, 0) is 44.8 Å². The highest BCUT2D eigenvalue weighted by atomic mass is 16.5. The van der Waals surface area contributed by atoms with Gasteiger partial charge in [0, 0.05) is 34.6 Å². The first-order valence-corrected chi connectivity index (χ1v) is 10.4. The zero-order valence-electron chi connectivity index (χ0n) is 18.1. The molecule has 0 aliphatic heterocycles. The third kappa shape index (κ3) is 3.08. The van der Waals surface area contributed by atoms with E-state index in [0.717, 1.165) is 44.0 Å². The molecule has 4 N–H and O–H groups in total. The van der Waals surface area contributed by atoms with Crippen LogP contribution in [0.15, 0.2) is 84.9 Å². The number of hydrogen-bond donors (Lipinski definition) is 2. The summed E-state index contributed by atoms with van der Waals surface area (Å²) < 4.78 is 10.7. The van der Waals surface area contributed by atoms with Crippen molar-refractivity contribution in [2.45, 2.75) is 0 Å². The lowest BCUT2D eigenvalue weighted by atomic mass is 9.85. The van der Waals surface area contributed by atoms with Crippen LogP contribution >= 0.6 is 0 Å². The van der Waals surface area contributed by atoms with E-state index >= 15 is 0 Å². The van der Waals surface area contributed by atoms with Crippen LogP contribution in [-0.2, 0) is 0 Å². The van der Waals surface area contributed by atoms with Crippen LogP contribution in [0.2, 0.25) is 0 Å². The lowest BCUT2D eigenvalue weighted by Crippen LogP contribution is -2.00.